The van der Waals surface area contributed by atoms with Crippen molar-refractivity contribution in [1.29, 1.82) is 0 Å². The number of nitrogens with zero attached hydrogens (tertiary/aromatic N) is 3. The fraction of sp³-hybridized carbons (Fsp3) is 0. The van der Waals surface area contributed by atoms with Gasteiger partial charge in [0.1, 0.15) is 11.5 Å². The SMILES string of the molecule is O=C(O)c1cnn(-c2nc3ccc(Oc4cccc(Cl)c4)cc3c(=O)[nH]2)c1. The highest BCUT2D eigenvalue weighted by Crippen LogP contribution is 2.25. The van der Waals surface area contributed by atoms with E-state index < -0.39 is 11.5 Å². The summed E-state index contributed by atoms with van der Waals surface area (Å²) in [5, 5.41) is 13.7. The molecule has 2 heterocycles. The molecule has 134 valence electrons. The second-order valence-corrected chi connectivity index (χ2v) is 6.04. The largest absolute Gasteiger partial charge is 0.478 e. The molecule has 0 aliphatic rings. The molecule has 27 heavy (non-hydrogen) atoms. The van der Waals surface area contributed by atoms with Gasteiger partial charge in [0.2, 0.25) is 5.95 Å². The Morgan fingerprint density at radius 2 is 2.00 bits per heavy atom. The van der Waals surface area contributed by atoms with Gasteiger partial charge in [0.15, 0.2) is 0 Å². The van der Waals surface area contributed by atoms with Gasteiger partial charge in [0.25, 0.3) is 5.56 Å². The Labute approximate surface area is 156 Å². The summed E-state index contributed by atoms with van der Waals surface area (Å²) >= 11 is 5.94. The lowest BCUT2D eigenvalue weighted by atomic mass is 10.2. The summed E-state index contributed by atoms with van der Waals surface area (Å²) in [7, 11) is 0. The van der Waals surface area contributed by atoms with E-state index >= 15 is 0 Å². The van der Waals surface area contributed by atoms with Crippen molar-refractivity contribution in [3.63, 3.8) is 0 Å². The first-order valence-corrected chi connectivity index (χ1v) is 8.13. The quantitative estimate of drug-likeness (QED) is 0.560. The monoisotopic (exact) mass is 382 g/mol. The minimum Gasteiger partial charge on any atom is -0.478 e. The minimum atomic E-state index is -1.12. The Hall–Kier alpha value is -3.65. The number of benzene rings is 2. The number of rotatable bonds is 4. The van der Waals surface area contributed by atoms with E-state index in [0.717, 1.165) is 0 Å². The van der Waals surface area contributed by atoms with Crippen LogP contribution in [0, 0.1) is 0 Å². The molecule has 4 rings (SSSR count). The number of carboxylic acids is 1. The number of H-pyrrole nitrogens is 1. The summed E-state index contributed by atoms with van der Waals surface area (Å²) in [4.78, 5) is 30.3. The second kappa shape index (κ2) is 6.58. The van der Waals surface area contributed by atoms with Crippen LogP contribution in [0.4, 0.5) is 0 Å². The topological polar surface area (TPSA) is 110 Å². The Morgan fingerprint density at radius 1 is 1.19 bits per heavy atom. The molecule has 0 amide bonds. The van der Waals surface area contributed by atoms with E-state index in [1.807, 2.05) is 0 Å². The molecule has 0 saturated carbocycles. The molecule has 4 aromatic rings. The first-order valence-electron chi connectivity index (χ1n) is 7.75. The molecule has 2 N–H and O–H groups in total. The number of hydrogen-bond donors (Lipinski definition) is 2. The predicted molar refractivity (Wildman–Crippen MR) is 98.0 cm³/mol. The Morgan fingerprint density at radius 3 is 2.74 bits per heavy atom. The van der Waals surface area contributed by atoms with Crippen molar-refractivity contribution in [3.05, 3.63) is 75.8 Å². The molecule has 0 saturated heterocycles. The van der Waals surface area contributed by atoms with Gasteiger partial charge in [-0.2, -0.15) is 5.10 Å². The lowest BCUT2D eigenvalue weighted by molar-refractivity contribution is 0.0697. The Bertz CT molecular complexity index is 1230. The first kappa shape index (κ1) is 16.8. The normalized spacial score (nSPS) is 10.9. The van der Waals surface area contributed by atoms with Crippen molar-refractivity contribution < 1.29 is 14.6 Å². The predicted octanol–water partition coefficient (Wildman–Crippen LogP) is 3.25. The van der Waals surface area contributed by atoms with Crippen LogP contribution in [0.2, 0.25) is 5.02 Å². The number of carbonyl (C=O) groups is 1. The molecular weight excluding hydrogens is 372 g/mol. The number of carboxylic acid groups (broad SMARTS) is 1. The maximum absolute atomic E-state index is 12.4. The van der Waals surface area contributed by atoms with Gasteiger partial charge < -0.3 is 9.84 Å². The van der Waals surface area contributed by atoms with Crippen LogP contribution < -0.4 is 10.3 Å². The van der Waals surface area contributed by atoms with Crippen molar-refractivity contribution >= 4 is 28.5 Å². The van der Waals surface area contributed by atoms with Gasteiger partial charge in [0, 0.05) is 11.2 Å². The zero-order valence-electron chi connectivity index (χ0n) is 13.6. The molecule has 9 heteroatoms. The third-order valence-corrected chi connectivity index (χ3v) is 3.98. The number of hydrogen-bond acceptors (Lipinski definition) is 5. The zero-order valence-corrected chi connectivity index (χ0v) is 14.3. The lowest BCUT2D eigenvalue weighted by Gasteiger charge is -2.07. The van der Waals surface area contributed by atoms with E-state index in [1.165, 1.54) is 17.1 Å². The maximum atomic E-state index is 12.4. The molecule has 0 atom stereocenters. The number of nitrogens with one attached hydrogen (secondary N) is 1. The molecule has 0 radical (unpaired) electrons. The van der Waals surface area contributed by atoms with Crippen molar-refractivity contribution in [2.24, 2.45) is 0 Å². The van der Waals surface area contributed by atoms with E-state index in [2.05, 4.69) is 15.1 Å². The highest BCUT2D eigenvalue weighted by Gasteiger charge is 2.11. The molecule has 0 aliphatic carbocycles. The van der Waals surface area contributed by atoms with Crippen molar-refractivity contribution in [1.82, 2.24) is 19.7 Å². The van der Waals surface area contributed by atoms with E-state index in [1.54, 1.807) is 42.5 Å². The number of aromatic amines is 1. The van der Waals surface area contributed by atoms with Gasteiger partial charge in [-0.3, -0.25) is 9.78 Å². The molecule has 8 nitrogen and oxygen atoms in total. The number of fused-ring (bicyclic) bond motifs is 1. The summed E-state index contributed by atoms with van der Waals surface area (Å²) in [5.41, 5.74) is 0.00139. The van der Waals surface area contributed by atoms with Crippen LogP contribution in [0.3, 0.4) is 0 Å². The molecule has 0 spiro atoms. The van der Waals surface area contributed by atoms with E-state index in [9.17, 15) is 9.59 Å². The van der Waals surface area contributed by atoms with E-state index in [-0.39, 0.29) is 11.5 Å². The lowest BCUT2D eigenvalue weighted by Crippen LogP contribution is -2.14. The first-order chi connectivity index (χ1) is 13.0. The van der Waals surface area contributed by atoms with Crippen LogP contribution in [-0.4, -0.2) is 30.8 Å². The van der Waals surface area contributed by atoms with Crippen LogP contribution in [0.15, 0.2) is 59.7 Å². The highest BCUT2D eigenvalue weighted by atomic mass is 35.5. The molecular formula is C18H11ClN4O4. The molecule has 0 aliphatic heterocycles. The number of aromatic nitrogens is 4. The standard InChI is InChI=1S/C18H11ClN4O4/c19-11-2-1-3-12(6-11)27-13-4-5-15-14(7-13)16(24)22-18(21-15)23-9-10(8-20-23)17(25)26/h1-9H,(H,25,26)(H,21,22,24). The van der Waals surface area contributed by atoms with Crippen LogP contribution in [-0.2, 0) is 0 Å². The van der Waals surface area contributed by atoms with Crippen molar-refractivity contribution in [2.75, 3.05) is 0 Å². The van der Waals surface area contributed by atoms with E-state index in [0.29, 0.717) is 27.4 Å². The number of ether oxygens (including phenoxy) is 1. The van der Waals surface area contributed by atoms with Gasteiger partial charge in [-0.05, 0) is 36.4 Å². The summed E-state index contributed by atoms with van der Waals surface area (Å²) in [6.07, 6.45) is 2.44. The molecule has 0 bridgehead atoms. The number of halogens is 1. The van der Waals surface area contributed by atoms with Gasteiger partial charge in [0.05, 0.1) is 22.7 Å². The second-order valence-electron chi connectivity index (χ2n) is 5.61. The fourth-order valence-corrected chi connectivity index (χ4v) is 2.67. The van der Waals surface area contributed by atoms with Crippen LogP contribution >= 0.6 is 11.6 Å². The van der Waals surface area contributed by atoms with E-state index in [4.69, 9.17) is 21.4 Å². The van der Waals surface area contributed by atoms with Gasteiger partial charge in [-0.25, -0.2) is 14.5 Å². The summed E-state index contributed by atoms with van der Waals surface area (Å²) in [5.74, 6) is -0.00614. The third-order valence-electron chi connectivity index (χ3n) is 3.74. The van der Waals surface area contributed by atoms with Gasteiger partial charge in [-0.15, -0.1) is 0 Å². The number of aromatic carboxylic acids is 1. The van der Waals surface area contributed by atoms with Gasteiger partial charge in [-0.1, -0.05) is 17.7 Å². The molecule has 2 aromatic heterocycles. The van der Waals surface area contributed by atoms with Crippen LogP contribution in [0.1, 0.15) is 10.4 Å². The highest BCUT2D eigenvalue weighted by molar-refractivity contribution is 6.30. The molecule has 2 aromatic carbocycles. The zero-order chi connectivity index (χ0) is 19.0. The van der Waals surface area contributed by atoms with Crippen molar-refractivity contribution in [3.8, 4) is 17.4 Å². The minimum absolute atomic E-state index is 0.0111. The van der Waals surface area contributed by atoms with Crippen LogP contribution in [0.5, 0.6) is 11.5 Å². The summed E-state index contributed by atoms with van der Waals surface area (Å²) < 4.78 is 6.91. The van der Waals surface area contributed by atoms with Crippen LogP contribution in [0.25, 0.3) is 16.9 Å². The Balaban J connectivity index is 1.71. The fourth-order valence-electron chi connectivity index (χ4n) is 2.49. The average molecular weight is 383 g/mol. The Kier molecular flexibility index (Phi) is 4.09. The molecule has 0 unspecified atom stereocenters. The molecule has 0 fully saturated rings. The summed E-state index contributed by atoms with van der Waals surface area (Å²) in [6.45, 7) is 0. The summed E-state index contributed by atoms with van der Waals surface area (Å²) in [6, 6.07) is 11.8. The maximum Gasteiger partial charge on any atom is 0.338 e. The smallest absolute Gasteiger partial charge is 0.338 e. The van der Waals surface area contributed by atoms with Crippen molar-refractivity contribution in [2.45, 2.75) is 0 Å². The van der Waals surface area contributed by atoms with Gasteiger partial charge >= 0.3 is 5.97 Å². The third kappa shape index (κ3) is 3.38. The average Bonchev–Trinajstić information content (AvgIpc) is 3.13.